The number of halogens is 1. The van der Waals surface area contributed by atoms with Gasteiger partial charge in [-0.1, -0.05) is 13.8 Å². The Labute approximate surface area is 106 Å². The first-order valence-corrected chi connectivity index (χ1v) is 5.91. The minimum absolute atomic E-state index is 0.00504. The maximum atomic E-state index is 13.4. The number of nitrogens with zero attached hydrogens (tertiary/aromatic N) is 1. The molecule has 2 rings (SSSR count). The first-order chi connectivity index (χ1) is 8.46. The third-order valence-electron chi connectivity index (χ3n) is 3.77. The molecule has 1 heterocycles. The van der Waals surface area contributed by atoms with Gasteiger partial charge in [0, 0.05) is 24.8 Å². The lowest BCUT2D eigenvalue weighted by Gasteiger charge is -2.51. The van der Waals surface area contributed by atoms with E-state index >= 15 is 0 Å². The van der Waals surface area contributed by atoms with Crippen LogP contribution in [0.5, 0.6) is 0 Å². The van der Waals surface area contributed by atoms with Crippen LogP contribution < -0.4 is 5.32 Å². The Morgan fingerprint density at radius 2 is 2.33 bits per heavy atom. The summed E-state index contributed by atoms with van der Waals surface area (Å²) in [6.45, 7) is 4.05. The van der Waals surface area contributed by atoms with E-state index < -0.39 is 11.9 Å². The molecule has 2 atom stereocenters. The van der Waals surface area contributed by atoms with Gasteiger partial charge in [-0.25, -0.2) is 4.98 Å². The first kappa shape index (κ1) is 13.0. The number of carbonyl (C=O) groups is 1. The van der Waals surface area contributed by atoms with E-state index in [1.165, 1.54) is 12.3 Å². The number of amides is 1. The van der Waals surface area contributed by atoms with E-state index in [1.54, 1.807) is 13.2 Å². The van der Waals surface area contributed by atoms with Crippen LogP contribution in [-0.2, 0) is 4.74 Å². The van der Waals surface area contributed by atoms with Crippen molar-refractivity contribution >= 4 is 5.91 Å². The van der Waals surface area contributed by atoms with Gasteiger partial charge in [0.25, 0.3) is 5.91 Å². The van der Waals surface area contributed by atoms with Crippen molar-refractivity contribution in [1.82, 2.24) is 10.3 Å². The average Bonchev–Trinajstić information content (AvgIpc) is 2.34. The highest BCUT2D eigenvalue weighted by atomic mass is 19.1. The van der Waals surface area contributed by atoms with Crippen LogP contribution in [0.4, 0.5) is 4.39 Å². The summed E-state index contributed by atoms with van der Waals surface area (Å²) in [6, 6.07) is 2.97. The van der Waals surface area contributed by atoms with E-state index in [4.69, 9.17) is 4.74 Å². The van der Waals surface area contributed by atoms with E-state index in [0.717, 1.165) is 6.42 Å². The number of ether oxygens (including phenoxy) is 1. The standard InChI is InChI=1S/C13H17FN2O2/c1-13(2)9(7-10(13)18-3)16-12(17)8-5-4-6-15-11(8)14/h4-6,9-10H,7H2,1-3H3,(H,16,17). The number of pyridine rings is 1. The summed E-state index contributed by atoms with van der Waals surface area (Å²) in [5.74, 6) is -1.16. The van der Waals surface area contributed by atoms with Crippen LogP contribution in [0.2, 0.25) is 0 Å². The van der Waals surface area contributed by atoms with Crippen LogP contribution in [-0.4, -0.2) is 30.1 Å². The molecule has 0 aromatic carbocycles. The van der Waals surface area contributed by atoms with E-state index in [0.29, 0.717) is 0 Å². The van der Waals surface area contributed by atoms with Crippen LogP contribution in [0.15, 0.2) is 18.3 Å². The monoisotopic (exact) mass is 252 g/mol. The van der Waals surface area contributed by atoms with Crippen molar-refractivity contribution in [2.24, 2.45) is 5.41 Å². The lowest BCUT2D eigenvalue weighted by Crippen LogP contribution is -2.61. The molecule has 5 heteroatoms. The molecule has 0 aliphatic heterocycles. The van der Waals surface area contributed by atoms with Gasteiger partial charge in [0.2, 0.25) is 5.95 Å². The summed E-state index contributed by atoms with van der Waals surface area (Å²) in [6.07, 6.45) is 2.19. The van der Waals surface area contributed by atoms with Crippen LogP contribution in [0, 0.1) is 11.4 Å². The molecule has 1 aliphatic carbocycles. The lowest BCUT2D eigenvalue weighted by atomic mass is 9.64. The molecule has 1 N–H and O–H groups in total. The molecule has 18 heavy (non-hydrogen) atoms. The largest absolute Gasteiger partial charge is 0.381 e. The molecule has 0 spiro atoms. The van der Waals surface area contributed by atoms with Gasteiger partial charge in [-0.15, -0.1) is 0 Å². The molecular formula is C13H17FN2O2. The fraction of sp³-hybridized carbons (Fsp3) is 0.538. The van der Waals surface area contributed by atoms with E-state index in [9.17, 15) is 9.18 Å². The second-order valence-corrected chi connectivity index (χ2v) is 5.15. The summed E-state index contributed by atoms with van der Waals surface area (Å²) < 4.78 is 18.7. The molecule has 0 bridgehead atoms. The summed E-state index contributed by atoms with van der Waals surface area (Å²) in [7, 11) is 1.66. The fourth-order valence-electron chi connectivity index (χ4n) is 2.32. The number of hydrogen-bond acceptors (Lipinski definition) is 3. The number of aromatic nitrogens is 1. The molecule has 4 nitrogen and oxygen atoms in total. The highest BCUT2D eigenvalue weighted by Crippen LogP contribution is 2.42. The molecule has 1 fully saturated rings. The Kier molecular flexibility index (Phi) is 3.34. The molecule has 1 amide bonds. The molecule has 98 valence electrons. The van der Waals surface area contributed by atoms with Gasteiger partial charge in [0.15, 0.2) is 0 Å². The van der Waals surface area contributed by atoms with Crippen LogP contribution in [0.1, 0.15) is 30.6 Å². The second kappa shape index (κ2) is 4.65. The van der Waals surface area contributed by atoms with Gasteiger partial charge in [0.1, 0.15) is 0 Å². The maximum Gasteiger partial charge on any atom is 0.256 e. The predicted octanol–water partition coefficient (Wildman–Crippen LogP) is 1.76. The zero-order valence-corrected chi connectivity index (χ0v) is 10.7. The molecule has 1 aromatic rings. The Hall–Kier alpha value is -1.49. The Balaban J connectivity index is 2.04. The van der Waals surface area contributed by atoms with Gasteiger partial charge in [-0.2, -0.15) is 4.39 Å². The molecule has 0 saturated heterocycles. The van der Waals surface area contributed by atoms with Gasteiger partial charge < -0.3 is 10.1 Å². The van der Waals surface area contributed by atoms with Crippen molar-refractivity contribution in [1.29, 1.82) is 0 Å². The molecule has 2 unspecified atom stereocenters. The Morgan fingerprint density at radius 3 is 2.89 bits per heavy atom. The maximum absolute atomic E-state index is 13.4. The minimum atomic E-state index is -0.740. The highest BCUT2D eigenvalue weighted by Gasteiger charge is 2.49. The highest BCUT2D eigenvalue weighted by molar-refractivity contribution is 5.94. The van der Waals surface area contributed by atoms with Gasteiger partial charge >= 0.3 is 0 Å². The van der Waals surface area contributed by atoms with Crippen molar-refractivity contribution < 1.29 is 13.9 Å². The summed E-state index contributed by atoms with van der Waals surface area (Å²) in [4.78, 5) is 15.4. The quantitative estimate of drug-likeness (QED) is 0.834. The third-order valence-corrected chi connectivity index (χ3v) is 3.77. The minimum Gasteiger partial charge on any atom is -0.381 e. The second-order valence-electron chi connectivity index (χ2n) is 5.15. The average molecular weight is 252 g/mol. The van der Waals surface area contributed by atoms with Crippen molar-refractivity contribution in [3.63, 3.8) is 0 Å². The number of rotatable bonds is 3. The van der Waals surface area contributed by atoms with Gasteiger partial charge in [-0.05, 0) is 18.6 Å². The topological polar surface area (TPSA) is 51.2 Å². The summed E-state index contributed by atoms with van der Waals surface area (Å²) >= 11 is 0. The summed E-state index contributed by atoms with van der Waals surface area (Å²) in [5.41, 5.74) is -0.155. The van der Waals surface area contributed by atoms with Crippen LogP contribution in [0.25, 0.3) is 0 Å². The molecule has 0 radical (unpaired) electrons. The predicted molar refractivity (Wildman–Crippen MR) is 64.6 cm³/mol. The van der Waals surface area contributed by atoms with Crippen LogP contribution in [0.3, 0.4) is 0 Å². The summed E-state index contributed by atoms with van der Waals surface area (Å²) in [5, 5.41) is 2.83. The van der Waals surface area contributed by atoms with E-state index in [2.05, 4.69) is 10.3 Å². The van der Waals surface area contributed by atoms with Gasteiger partial charge in [-0.3, -0.25) is 4.79 Å². The number of hydrogen-bond donors (Lipinski definition) is 1. The smallest absolute Gasteiger partial charge is 0.256 e. The third kappa shape index (κ3) is 2.10. The SMILES string of the molecule is COC1CC(NC(=O)c2cccnc2F)C1(C)C. The Morgan fingerprint density at radius 1 is 1.61 bits per heavy atom. The fourth-order valence-corrected chi connectivity index (χ4v) is 2.32. The van der Waals surface area contributed by atoms with Crippen molar-refractivity contribution in [3.8, 4) is 0 Å². The number of nitrogens with one attached hydrogen (secondary N) is 1. The number of carbonyl (C=O) groups excluding carboxylic acids is 1. The zero-order chi connectivity index (χ0) is 13.3. The van der Waals surface area contributed by atoms with Crippen molar-refractivity contribution in [2.45, 2.75) is 32.4 Å². The molecule has 1 saturated carbocycles. The van der Waals surface area contributed by atoms with E-state index in [-0.39, 0.29) is 23.1 Å². The molecule has 1 aliphatic rings. The van der Waals surface area contributed by atoms with E-state index in [1.807, 2.05) is 13.8 Å². The normalized spacial score (nSPS) is 25.3. The first-order valence-electron chi connectivity index (χ1n) is 5.91. The Bertz CT molecular complexity index is 462. The van der Waals surface area contributed by atoms with Crippen molar-refractivity contribution in [2.75, 3.05) is 7.11 Å². The lowest BCUT2D eigenvalue weighted by molar-refractivity contribution is -0.0942. The van der Waals surface area contributed by atoms with Gasteiger partial charge in [0.05, 0.1) is 11.7 Å². The number of methoxy groups -OCH3 is 1. The van der Waals surface area contributed by atoms with Crippen LogP contribution >= 0.6 is 0 Å². The zero-order valence-electron chi connectivity index (χ0n) is 10.7. The molecule has 1 aromatic heterocycles. The van der Waals surface area contributed by atoms with Crippen molar-refractivity contribution in [3.05, 3.63) is 29.8 Å². The molecular weight excluding hydrogens is 235 g/mol.